The molecule has 0 radical (unpaired) electrons. The van der Waals surface area contributed by atoms with Crippen molar-refractivity contribution in [1.82, 2.24) is 0 Å². The van der Waals surface area contributed by atoms with Gasteiger partial charge in [-0.15, -0.1) is 0 Å². The first-order valence-electron chi connectivity index (χ1n) is 12.8. The maximum Gasteiger partial charge on any atom is 0.123 e. The van der Waals surface area contributed by atoms with Gasteiger partial charge in [-0.25, -0.2) is 35.1 Å². The van der Waals surface area contributed by atoms with E-state index in [1.165, 1.54) is 19.6 Å². The Kier molecular flexibility index (Phi) is 10.1. The van der Waals surface area contributed by atoms with Gasteiger partial charge in [0.05, 0.1) is 19.6 Å². The molecule has 0 aliphatic carbocycles. The van der Waals surface area contributed by atoms with Gasteiger partial charge < -0.3 is 4.90 Å². The highest BCUT2D eigenvalue weighted by atomic mass is 19.2. The number of hydrogen-bond donors (Lipinski definition) is 1. The molecule has 0 aliphatic heterocycles. The highest BCUT2D eigenvalue weighted by Crippen LogP contribution is 2.16. The standard InChI is InChI=1S/C24H12BF8.C6H15N/c26-17-1-13(2-18(27)9-17)25(14-3-19(28)10-20(29)4-14,15-5-21(30)11-22(31)6-15)16-7-23(32)12-24(33)8-16;1-4-7(5-2)6-3/h1-12H;4-6H2,1-3H3/q-1;/p+1. The Morgan fingerprint density at radius 1 is 0.375 bits per heavy atom. The lowest BCUT2D eigenvalue weighted by molar-refractivity contribution is -0.894. The summed E-state index contributed by atoms with van der Waals surface area (Å²) in [5.74, 6) is -8.99. The van der Waals surface area contributed by atoms with Crippen molar-refractivity contribution in [3.63, 3.8) is 0 Å². The van der Waals surface area contributed by atoms with Crippen molar-refractivity contribution in [3.8, 4) is 0 Å². The summed E-state index contributed by atoms with van der Waals surface area (Å²) in [5, 5.41) is 0. The van der Waals surface area contributed by atoms with Crippen LogP contribution in [0.2, 0.25) is 0 Å². The lowest BCUT2D eigenvalue weighted by atomic mass is 9.13. The van der Waals surface area contributed by atoms with E-state index >= 15 is 0 Å². The topological polar surface area (TPSA) is 4.44 Å². The van der Waals surface area contributed by atoms with Crippen molar-refractivity contribution in [2.45, 2.75) is 20.8 Å². The summed E-state index contributed by atoms with van der Waals surface area (Å²) in [4.78, 5) is 1.68. The molecule has 10 heteroatoms. The van der Waals surface area contributed by atoms with Gasteiger partial charge in [0.2, 0.25) is 0 Å². The molecule has 0 saturated carbocycles. The molecule has 0 amide bonds. The predicted octanol–water partition coefficient (Wildman–Crippen LogP) is 4.11. The monoisotopic (exact) mass is 565 g/mol. The lowest BCUT2D eigenvalue weighted by Gasteiger charge is -2.44. The van der Waals surface area contributed by atoms with Gasteiger partial charge in [-0.05, 0) is 20.8 Å². The maximum atomic E-state index is 14.3. The summed E-state index contributed by atoms with van der Waals surface area (Å²) in [6, 6.07) is 8.24. The number of benzene rings is 4. The van der Waals surface area contributed by atoms with Crippen LogP contribution in [0, 0.1) is 46.5 Å². The van der Waals surface area contributed by atoms with E-state index in [1.807, 2.05) is 0 Å². The molecule has 0 saturated heterocycles. The molecular weight excluding hydrogens is 537 g/mol. The fourth-order valence-corrected chi connectivity index (χ4v) is 5.21. The lowest BCUT2D eigenvalue weighted by Crippen LogP contribution is -3.11. The van der Waals surface area contributed by atoms with Gasteiger partial charge in [0.25, 0.3) is 0 Å². The van der Waals surface area contributed by atoms with Crippen molar-refractivity contribution >= 4 is 28.0 Å². The van der Waals surface area contributed by atoms with Crippen LogP contribution >= 0.6 is 0 Å². The summed E-state index contributed by atoms with van der Waals surface area (Å²) in [6.07, 6.45) is -3.29. The van der Waals surface area contributed by atoms with E-state index in [2.05, 4.69) is 20.8 Å². The Hall–Kier alpha value is -3.66. The van der Waals surface area contributed by atoms with E-state index in [0.29, 0.717) is 24.3 Å². The van der Waals surface area contributed by atoms with E-state index in [0.717, 1.165) is 48.5 Å². The Morgan fingerprint density at radius 3 is 0.675 bits per heavy atom. The second-order valence-corrected chi connectivity index (χ2v) is 9.49. The van der Waals surface area contributed by atoms with Crippen LogP contribution in [-0.2, 0) is 0 Å². The minimum absolute atomic E-state index is 0.354. The van der Waals surface area contributed by atoms with Crippen LogP contribution < -0.4 is 26.8 Å². The molecule has 1 nitrogen and oxygen atoms in total. The van der Waals surface area contributed by atoms with E-state index < -0.39 is 52.7 Å². The molecule has 0 spiro atoms. The Morgan fingerprint density at radius 2 is 0.550 bits per heavy atom. The zero-order valence-electron chi connectivity index (χ0n) is 22.2. The zero-order chi connectivity index (χ0) is 29.6. The van der Waals surface area contributed by atoms with Gasteiger partial charge in [0, 0.05) is 24.3 Å². The van der Waals surface area contributed by atoms with E-state index in [-0.39, 0.29) is 21.9 Å². The van der Waals surface area contributed by atoms with Gasteiger partial charge in [-0.3, -0.25) is 0 Å². The summed E-state index contributed by atoms with van der Waals surface area (Å²) in [5.41, 5.74) is -1.42. The van der Waals surface area contributed by atoms with Crippen LogP contribution in [0.1, 0.15) is 20.8 Å². The normalized spacial score (nSPS) is 11.4. The van der Waals surface area contributed by atoms with E-state index in [1.54, 1.807) is 4.90 Å². The van der Waals surface area contributed by atoms with Crippen LogP contribution in [0.5, 0.6) is 0 Å². The van der Waals surface area contributed by atoms with Crippen molar-refractivity contribution < 1.29 is 40.0 Å². The molecule has 212 valence electrons. The number of hydrogen-bond acceptors (Lipinski definition) is 0. The Balaban J connectivity index is 0.000000559. The third-order valence-corrected chi connectivity index (χ3v) is 7.04. The average molecular weight is 565 g/mol. The minimum atomic E-state index is -3.29. The highest BCUT2D eigenvalue weighted by molar-refractivity contribution is 7.19. The van der Waals surface area contributed by atoms with Gasteiger partial charge in [-0.1, -0.05) is 48.5 Å². The molecule has 0 aliphatic rings. The molecule has 40 heavy (non-hydrogen) atoms. The van der Waals surface area contributed by atoms with Crippen molar-refractivity contribution in [1.29, 1.82) is 0 Å². The second-order valence-electron chi connectivity index (χ2n) is 9.49. The first kappa shape index (κ1) is 30.9. The first-order chi connectivity index (χ1) is 18.9. The van der Waals surface area contributed by atoms with Crippen LogP contribution in [0.25, 0.3) is 0 Å². The van der Waals surface area contributed by atoms with Crippen LogP contribution in [-0.4, -0.2) is 25.8 Å². The van der Waals surface area contributed by atoms with Crippen molar-refractivity contribution in [3.05, 3.63) is 119 Å². The molecule has 0 bridgehead atoms. The molecular formula is C30H28BF8N. The molecule has 0 fully saturated rings. The summed E-state index contributed by atoms with van der Waals surface area (Å²) < 4.78 is 114. The third kappa shape index (κ3) is 6.91. The maximum absolute atomic E-state index is 14.3. The molecule has 0 aromatic heterocycles. The number of halogens is 8. The van der Waals surface area contributed by atoms with Crippen molar-refractivity contribution in [2.24, 2.45) is 0 Å². The SMILES string of the molecule is CC[NH+](CC)CC.Fc1cc(F)cc([B-](c2cc(F)cc(F)c2)(c2cc(F)cc(F)c2)c2cc(F)cc(F)c2)c1. The summed E-state index contributed by atoms with van der Waals surface area (Å²) in [7, 11) is 0. The average Bonchev–Trinajstić information content (AvgIpc) is 2.84. The van der Waals surface area contributed by atoms with E-state index in [9.17, 15) is 35.1 Å². The molecule has 4 aromatic carbocycles. The predicted molar refractivity (Wildman–Crippen MR) is 142 cm³/mol. The van der Waals surface area contributed by atoms with Crippen molar-refractivity contribution in [2.75, 3.05) is 19.6 Å². The summed E-state index contributed by atoms with van der Waals surface area (Å²) in [6.45, 7) is 10.5. The largest absolute Gasteiger partial charge is 0.336 e. The molecule has 0 unspecified atom stereocenters. The second kappa shape index (κ2) is 13.1. The Bertz CT molecular complexity index is 1170. The van der Waals surface area contributed by atoms with Crippen LogP contribution in [0.4, 0.5) is 35.1 Å². The molecule has 0 heterocycles. The smallest absolute Gasteiger partial charge is 0.123 e. The van der Waals surface area contributed by atoms with Gasteiger partial charge in [0.1, 0.15) is 52.7 Å². The van der Waals surface area contributed by atoms with Gasteiger partial charge >= 0.3 is 0 Å². The zero-order valence-corrected chi connectivity index (χ0v) is 22.2. The Labute approximate surface area is 228 Å². The summed E-state index contributed by atoms with van der Waals surface area (Å²) >= 11 is 0. The van der Waals surface area contributed by atoms with Crippen LogP contribution in [0.15, 0.2) is 72.8 Å². The number of quaternary nitrogens is 1. The highest BCUT2D eigenvalue weighted by Gasteiger charge is 2.35. The molecule has 4 aromatic rings. The number of rotatable bonds is 7. The third-order valence-electron chi connectivity index (χ3n) is 7.04. The minimum Gasteiger partial charge on any atom is -0.336 e. The number of nitrogens with one attached hydrogen (secondary N) is 1. The van der Waals surface area contributed by atoms with Gasteiger partial charge in [-0.2, -0.15) is 21.9 Å². The fraction of sp³-hybridized carbons (Fsp3) is 0.200. The van der Waals surface area contributed by atoms with E-state index in [4.69, 9.17) is 0 Å². The fourth-order valence-electron chi connectivity index (χ4n) is 5.21. The quantitative estimate of drug-likeness (QED) is 0.254. The molecule has 4 rings (SSSR count). The first-order valence-corrected chi connectivity index (χ1v) is 12.8. The van der Waals surface area contributed by atoms with Crippen LogP contribution in [0.3, 0.4) is 0 Å². The molecule has 1 N–H and O–H groups in total. The van der Waals surface area contributed by atoms with Gasteiger partial charge in [0.15, 0.2) is 0 Å². The molecule has 0 atom stereocenters.